The molecule has 5 rings (SSSR count). The van der Waals surface area contributed by atoms with Gasteiger partial charge in [0.25, 0.3) is 0 Å². The first kappa shape index (κ1) is 30.7. The number of hydrogen-bond donors (Lipinski definition) is 0. The number of carbonyl (C=O) groups is 4. The molecule has 0 bridgehead atoms. The van der Waals surface area contributed by atoms with Crippen LogP contribution in [0, 0.1) is 11.3 Å². The highest BCUT2D eigenvalue weighted by molar-refractivity contribution is 5.94. The van der Waals surface area contributed by atoms with Crippen LogP contribution in [0.1, 0.15) is 47.0 Å². The third-order valence-corrected chi connectivity index (χ3v) is 6.40. The zero-order valence-corrected chi connectivity index (χ0v) is 24.2. The summed E-state index contributed by atoms with van der Waals surface area (Å²) in [6, 6.07) is 32.0. The maximum absolute atomic E-state index is 12.8. The quantitative estimate of drug-likeness (QED) is 0.135. The summed E-state index contributed by atoms with van der Waals surface area (Å²) in [6.07, 6.45) is 0. The second-order valence-corrected chi connectivity index (χ2v) is 9.50. The van der Waals surface area contributed by atoms with Crippen LogP contribution in [0.15, 0.2) is 121 Å². The number of nitrogens with zero attached hydrogens (tertiary/aromatic N) is 1. The minimum Gasteiger partial charge on any atom is -0.497 e. The van der Waals surface area contributed by atoms with E-state index in [0.717, 1.165) is 0 Å². The first-order valence-corrected chi connectivity index (χ1v) is 13.6. The Morgan fingerprint density at radius 2 is 0.826 bits per heavy atom. The van der Waals surface area contributed by atoms with Crippen molar-refractivity contribution in [2.75, 3.05) is 7.11 Å². The standard InChI is InChI=1S/C36H23NO9/c1-42-28-15-7-24(8-16-28)33(38)44-30-17-11-26(12-18-30)35(40)46-32-4-2-3-27(21-32)36(41)45-31-19-9-25(10-20-31)34(39)43-29-13-5-23(22-37)6-14-29/h2-21H,1H3. The predicted octanol–water partition coefficient (Wildman–Crippen LogP) is 6.44. The highest BCUT2D eigenvalue weighted by Crippen LogP contribution is 2.21. The highest BCUT2D eigenvalue weighted by Gasteiger charge is 2.15. The number of carbonyl (C=O) groups excluding carboxylic acids is 4. The molecule has 0 atom stereocenters. The van der Waals surface area contributed by atoms with Gasteiger partial charge in [-0.25, -0.2) is 19.2 Å². The van der Waals surface area contributed by atoms with Crippen molar-refractivity contribution >= 4 is 23.9 Å². The molecule has 0 unspecified atom stereocenters. The van der Waals surface area contributed by atoms with E-state index in [1.54, 1.807) is 24.3 Å². The zero-order valence-electron chi connectivity index (χ0n) is 24.2. The summed E-state index contributed by atoms with van der Waals surface area (Å²) in [5.74, 6) is -1.19. The maximum atomic E-state index is 12.8. The number of esters is 4. The second-order valence-electron chi connectivity index (χ2n) is 9.50. The summed E-state index contributed by atoms with van der Waals surface area (Å²) >= 11 is 0. The van der Waals surface area contributed by atoms with E-state index in [1.807, 2.05) is 6.07 Å². The van der Waals surface area contributed by atoms with Gasteiger partial charge in [-0.2, -0.15) is 5.26 Å². The van der Waals surface area contributed by atoms with Crippen molar-refractivity contribution in [3.05, 3.63) is 149 Å². The Balaban J connectivity index is 1.15. The molecule has 226 valence electrons. The summed E-state index contributed by atoms with van der Waals surface area (Å²) in [7, 11) is 1.53. The van der Waals surface area contributed by atoms with Gasteiger partial charge >= 0.3 is 23.9 Å². The minimum atomic E-state index is -0.714. The Morgan fingerprint density at radius 1 is 0.457 bits per heavy atom. The summed E-state index contributed by atoms with van der Waals surface area (Å²) in [4.78, 5) is 50.3. The molecule has 0 radical (unpaired) electrons. The largest absolute Gasteiger partial charge is 0.497 e. The van der Waals surface area contributed by atoms with Crippen molar-refractivity contribution in [2.45, 2.75) is 0 Å². The molecule has 0 aliphatic carbocycles. The van der Waals surface area contributed by atoms with Gasteiger partial charge in [-0.05, 0) is 115 Å². The van der Waals surface area contributed by atoms with Crippen molar-refractivity contribution in [1.82, 2.24) is 0 Å². The van der Waals surface area contributed by atoms with Gasteiger partial charge in [-0.1, -0.05) is 6.07 Å². The zero-order chi connectivity index (χ0) is 32.5. The van der Waals surface area contributed by atoms with E-state index in [4.69, 9.17) is 28.9 Å². The lowest BCUT2D eigenvalue weighted by atomic mass is 10.2. The molecule has 0 N–H and O–H groups in total. The average molecular weight is 614 g/mol. The summed E-state index contributed by atoms with van der Waals surface area (Å²) in [5.41, 5.74) is 1.31. The fourth-order valence-electron chi connectivity index (χ4n) is 3.99. The number of ether oxygens (including phenoxy) is 5. The SMILES string of the molecule is COc1ccc(C(=O)Oc2ccc(C(=O)Oc3cccc(C(=O)Oc4ccc(C(=O)Oc5ccc(C#N)cc5)cc4)c3)cc2)cc1. The maximum Gasteiger partial charge on any atom is 0.343 e. The van der Waals surface area contributed by atoms with Crippen LogP contribution in [-0.4, -0.2) is 31.0 Å². The van der Waals surface area contributed by atoms with Crippen LogP contribution >= 0.6 is 0 Å². The van der Waals surface area contributed by atoms with Gasteiger partial charge in [-0.15, -0.1) is 0 Å². The first-order chi connectivity index (χ1) is 22.3. The number of hydrogen-bond acceptors (Lipinski definition) is 10. The van der Waals surface area contributed by atoms with E-state index in [2.05, 4.69) is 0 Å². The molecule has 0 heterocycles. The molecule has 0 amide bonds. The van der Waals surface area contributed by atoms with E-state index >= 15 is 0 Å². The minimum absolute atomic E-state index is 0.107. The molecule has 10 heteroatoms. The summed E-state index contributed by atoms with van der Waals surface area (Å²) < 4.78 is 26.5. The normalized spacial score (nSPS) is 10.2. The molecule has 10 nitrogen and oxygen atoms in total. The first-order valence-electron chi connectivity index (χ1n) is 13.6. The van der Waals surface area contributed by atoms with E-state index in [-0.39, 0.29) is 39.7 Å². The number of benzene rings is 5. The molecular weight excluding hydrogens is 590 g/mol. The molecule has 5 aromatic rings. The lowest BCUT2D eigenvalue weighted by molar-refractivity contribution is 0.0712. The molecule has 0 aromatic heterocycles. The van der Waals surface area contributed by atoms with Crippen LogP contribution in [0.4, 0.5) is 0 Å². The van der Waals surface area contributed by atoms with Crippen LogP contribution in [0.25, 0.3) is 0 Å². The third kappa shape index (κ3) is 7.80. The lowest BCUT2D eigenvalue weighted by Gasteiger charge is -2.09. The van der Waals surface area contributed by atoms with Crippen molar-refractivity contribution < 1.29 is 42.9 Å². The Morgan fingerprint density at radius 3 is 1.24 bits per heavy atom. The molecular formula is C36H23NO9. The molecule has 0 aliphatic heterocycles. The van der Waals surface area contributed by atoms with Crippen LogP contribution in [0.2, 0.25) is 0 Å². The molecule has 0 saturated carbocycles. The van der Waals surface area contributed by atoms with Gasteiger partial charge in [0.1, 0.15) is 28.7 Å². The molecule has 0 spiro atoms. The Labute approximate surface area is 262 Å². The van der Waals surface area contributed by atoms with Crippen molar-refractivity contribution in [2.24, 2.45) is 0 Å². The number of methoxy groups -OCH3 is 1. The lowest BCUT2D eigenvalue weighted by Crippen LogP contribution is -2.12. The third-order valence-electron chi connectivity index (χ3n) is 6.40. The van der Waals surface area contributed by atoms with E-state index < -0.39 is 23.9 Å². The molecule has 0 aliphatic rings. The van der Waals surface area contributed by atoms with Gasteiger partial charge < -0.3 is 23.7 Å². The number of nitriles is 1. The van der Waals surface area contributed by atoms with E-state index in [1.165, 1.54) is 104 Å². The molecule has 0 saturated heterocycles. The Bertz CT molecular complexity index is 1920. The van der Waals surface area contributed by atoms with Gasteiger partial charge in [-0.3, -0.25) is 0 Å². The van der Waals surface area contributed by atoms with E-state index in [0.29, 0.717) is 16.9 Å². The molecule has 0 fully saturated rings. The fourth-order valence-corrected chi connectivity index (χ4v) is 3.99. The predicted molar refractivity (Wildman–Crippen MR) is 163 cm³/mol. The fraction of sp³-hybridized carbons (Fsp3) is 0.0278. The van der Waals surface area contributed by atoms with Crippen molar-refractivity contribution in [3.8, 4) is 34.8 Å². The van der Waals surface area contributed by atoms with Crippen LogP contribution in [0.3, 0.4) is 0 Å². The van der Waals surface area contributed by atoms with Gasteiger partial charge in [0.15, 0.2) is 0 Å². The summed E-state index contributed by atoms with van der Waals surface area (Å²) in [6.45, 7) is 0. The van der Waals surface area contributed by atoms with Crippen LogP contribution in [-0.2, 0) is 0 Å². The Kier molecular flexibility index (Phi) is 9.46. The molecule has 46 heavy (non-hydrogen) atoms. The highest BCUT2D eigenvalue weighted by atomic mass is 16.5. The Hall–Kier alpha value is -6.73. The van der Waals surface area contributed by atoms with Crippen molar-refractivity contribution in [3.63, 3.8) is 0 Å². The summed E-state index contributed by atoms with van der Waals surface area (Å²) in [5, 5.41) is 8.88. The van der Waals surface area contributed by atoms with Crippen LogP contribution in [0.5, 0.6) is 28.7 Å². The van der Waals surface area contributed by atoms with Gasteiger partial charge in [0, 0.05) is 0 Å². The number of rotatable bonds is 9. The second kappa shape index (κ2) is 14.2. The topological polar surface area (TPSA) is 138 Å². The molecule has 5 aromatic carbocycles. The average Bonchev–Trinajstić information content (AvgIpc) is 3.09. The monoisotopic (exact) mass is 613 g/mol. The smallest absolute Gasteiger partial charge is 0.343 e. The van der Waals surface area contributed by atoms with Crippen LogP contribution < -0.4 is 23.7 Å². The van der Waals surface area contributed by atoms with Gasteiger partial charge in [0.05, 0.1) is 41.0 Å². The van der Waals surface area contributed by atoms with E-state index in [9.17, 15) is 19.2 Å². The van der Waals surface area contributed by atoms with Crippen molar-refractivity contribution in [1.29, 1.82) is 5.26 Å². The van der Waals surface area contributed by atoms with Gasteiger partial charge in [0.2, 0.25) is 0 Å².